The third kappa shape index (κ3) is 1.31. The molecule has 1 heterocycles. The first-order valence-corrected chi connectivity index (χ1v) is 5.25. The lowest BCUT2D eigenvalue weighted by Gasteiger charge is -2.02. The van der Waals surface area contributed by atoms with E-state index in [-0.39, 0.29) is 0 Å². The van der Waals surface area contributed by atoms with E-state index in [1.165, 1.54) is 41.3 Å². The summed E-state index contributed by atoms with van der Waals surface area (Å²) >= 11 is 0. The summed E-state index contributed by atoms with van der Waals surface area (Å²) in [5.74, 6) is 0.953. The maximum Gasteiger partial charge on any atom is 0.0655 e. The molecule has 2 aromatic rings. The fourth-order valence-electron chi connectivity index (χ4n) is 2.08. The molecule has 1 saturated carbocycles. The minimum atomic E-state index is 0.953. The molecule has 0 aliphatic heterocycles. The molecule has 0 radical (unpaired) electrons. The number of nitrogens with one attached hydrogen (secondary N) is 1. The number of nitrogens with zero attached hydrogens (tertiary/aromatic N) is 1. The third-order valence-electron chi connectivity index (χ3n) is 3.05. The Morgan fingerprint density at radius 1 is 1.43 bits per heavy atom. The van der Waals surface area contributed by atoms with Gasteiger partial charge in [0.2, 0.25) is 0 Å². The minimum absolute atomic E-state index is 0.953. The number of rotatable bonds is 2. The van der Waals surface area contributed by atoms with E-state index in [9.17, 15) is 0 Å². The van der Waals surface area contributed by atoms with Gasteiger partial charge in [-0.15, -0.1) is 0 Å². The van der Waals surface area contributed by atoms with Crippen molar-refractivity contribution in [3.8, 4) is 0 Å². The molecule has 0 amide bonds. The molecular formula is C12H14N2. The summed E-state index contributed by atoms with van der Waals surface area (Å²) < 4.78 is 0. The van der Waals surface area contributed by atoms with Gasteiger partial charge in [0.15, 0.2) is 0 Å². The summed E-state index contributed by atoms with van der Waals surface area (Å²) in [6, 6.07) is 4.55. The number of aryl methyl sites for hydroxylation is 1. The molecule has 0 bridgehead atoms. The van der Waals surface area contributed by atoms with Crippen molar-refractivity contribution in [2.75, 3.05) is 0 Å². The van der Waals surface area contributed by atoms with E-state index in [1.54, 1.807) is 0 Å². The Kier molecular flexibility index (Phi) is 1.63. The molecule has 2 nitrogen and oxygen atoms in total. The second kappa shape index (κ2) is 2.84. The molecule has 0 spiro atoms. The molecule has 72 valence electrons. The second-order valence-corrected chi connectivity index (χ2v) is 4.39. The lowest BCUT2D eigenvalue weighted by Crippen LogP contribution is -1.88. The van der Waals surface area contributed by atoms with Crippen LogP contribution in [0.4, 0.5) is 0 Å². The zero-order valence-electron chi connectivity index (χ0n) is 8.38. The zero-order chi connectivity index (χ0) is 9.54. The summed E-state index contributed by atoms with van der Waals surface area (Å²) in [4.78, 5) is 0. The predicted molar refractivity (Wildman–Crippen MR) is 57.3 cm³/mol. The molecule has 1 aromatic carbocycles. The van der Waals surface area contributed by atoms with Crippen molar-refractivity contribution in [3.63, 3.8) is 0 Å². The van der Waals surface area contributed by atoms with E-state index in [0.717, 1.165) is 5.92 Å². The summed E-state index contributed by atoms with van der Waals surface area (Å²) in [6.45, 7) is 2.16. The highest BCUT2D eigenvalue weighted by Crippen LogP contribution is 2.33. The highest BCUT2D eigenvalue weighted by Gasteiger charge is 2.21. The van der Waals surface area contributed by atoms with Crippen molar-refractivity contribution in [1.29, 1.82) is 0 Å². The largest absolute Gasteiger partial charge is 0.278 e. The van der Waals surface area contributed by atoms with Gasteiger partial charge in [0, 0.05) is 5.39 Å². The number of fused-ring (bicyclic) bond motifs is 1. The van der Waals surface area contributed by atoms with Gasteiger partial charge in [-0.1, -0.05) is 6.07 Å². The molecule has 0 unspecified atom stereocenters. The fourth-order valence-corrected chi connectivity index (χ4v) is 2.08. The van der Waals surface area contributed by atoms with Gasteiger partial charge in [-0.3, -0.25) is 5.10 Å². The smallest absolute Gasteiger partial charge is 0.0655 e. The van der Waals surface area contributed by atoms with Gasteiger partial charge in [0.1, 0.15) is 0 Å². The van der Waals surface area contributed by atoms with Gasteiger partial charge in [0.25, 0.3) is 0 Å². The number of aromatic nitrogens is 2. The summed E-state index contributed by atoms with van der Waals surface area (Å²) in [5, 5.41) is 8.37. The number of aromatic amines is 1. The molecule has 3 rings (SSSR count). The van der Waals surface area contributed by atoms with Crippen LogP contribution in [0.15, 0.2) is 18.3 Å². The van der Waals surface area contributed by atoms with Gasteiger partial charge in [-0.25, -0.2) is 0 Å². The van der Waals surface area contributed by atoms with E-state index >= 15 is 0 Å². The van der Waals surface area contributed by atoms with Crippen molar-refractivity contribution < 1.29 is 0 Å². The highest BCUT2D eigenvalue weighted by molar-refractivity contribution is 5.82. The molecule has 1 N–H and O–H groups in total. The monoisotopic (exact) mass is 186 g/mol. The highest BCUT2D eigenvalue weighted by atomic mass is 15.1. The molecular weight excluding hydrogens is 172 g/mol. The van der Waals surface area contributed by atoms with E-state index in [0.29, 0.717) is 0 Å². The van der Waals surface area contributed by atoms with Crippen LogP contribution in [0.1, 0.15) is 24.0 Å². The van der Waals surface area contributed by atoms with Crippen LogP contribution >= 0.6 is 0 Å². The predicted octanol–water partition coefficient (Wildman–Crippen LogP) is 2.82. The van der Waals surface area contributed by atoms with E-state index in [1.807, 2.05) is 6.20 Å². The molecule has 1 fully saturated rings. The van der Waals surface area contributed by atoms with Crippen molar-refractivity contribution in [3.05, 3.63) is 29.5 Å². The standard InChI is InChI=1S/C12H14N2/c1-8-4-10(5-9-2-3-9)6-12-11(8)7-13-14-12/h4,6-7,9H,2-3,5H2,1H3,(H,13,14). The van der Waals surface area contributed by atoms with Crippen LogP contribution in [0.2, 0.25) is 0 Å². The fraction of sp³-hybridized carbons (Fsp3) is 0.417. The number of benzene rings is 1. The van der Waals surface area contributed by atoms with Gasteiger partial charge >= 0.3 is 0 Å². The Morgan fingerprint density at radius 2 is 2.29 bits per heavy atom. The van der Waals surface area contributed by atoms with Crippen molar-refractivity contribution in [2.24, 2.45) is 5.92 Å². The van der Waals surface area contributed by atoms with E-state index in [2.05, 4.69) is 29.3 Å². The lowest BCUT2D eigenvalue weighted by molar-refractivity contribution is 0.832. The van der Waals surface area contributed by atoms with Gasteiger partial charge in [0.05, 0.1) is 11.7 Å². The quantitative estimate of drug-likeness (QED) is 0.767. The van der Waals surface area contributed by atoms with Crippen molar-refractivity contribution in [2.45, 2.75) is 26.2 Å². The maximum atomic E-state index is 4.07. The summed E-state index contributed by atoms with van der Waals surface area (Å²) in [7, 11) is 0. The van der Waals surface area contributed by atoms with Crippen molar-refractivity contribution >= 4 is 10.9 Å². The van der Waals surface area contributed by atoms with Crippen molar-refractivity contribution in [1.82, 2.24) is 10.2 Å². The Bertz CT molecular complexity index is 466. The molecule has 14 heavy (non-hydrogen) atoms. The van der Waals surface area contributed by atoms with E-state index in [4.69, 9.17) is 0 Å². The van der Waals surface area contributed by atoms with Gasteiger partial charge in [-0.2, -0.15) is 5.10 Å². The number of hydrogen-bond acceptors (Lipinski definition) is 1. The number of H-pyrrole nitrogens is 1. The average molecular weight is 186 g/mol. The zero-order valence-corrected chi connectivity index (χ0v) is 8.38. The molecule has 2 heteroatoms. The minimum Gasteiger partial charge on any atom is -0.278 e. The maximum absolute atomic E-state index is 4.07. The molecule has 1 aromatic heterocycles. The molecule has 0 atom stereocenters. The van der Waals surface area contributed by atoms with Gasteiger partial charge in [-0.05, 0) is 49.3 Å². The topological polar surface area (TPSA) is 28.7 Å². The Balaban J connectivity index is 2.06. The Hall–Kier alpha value is -1.31. The summed E-state index contributed by atoms with van der Waals surface area (Å²) in [6.07, 6.45) is 5.99. The van der Waals surface area contributed by atoms with Crippen LogP contribution in [-0.4, -0.2) is 10.2 Å². The third-order valence-corrected chi connectivity index (χ3v) is 3.05. The molecule has 1 aliphatic rings. The second-order valence-electron chi connectivity index (χ2n) is 4.39. The van der Waals surface area contributed by atoms with Crippen LogP contribution in [0.5, 0.6) is 0 Å². The first kappa shape index (κ1) is 8.04. The lowest BCUT2D eigenvalue weighted by atomic mass is 10.0. The van der Waals surface area contributed by atoms with Crippen LogP contribution < -0.4 is 0 Å². The molecule has 0 saturated heterocycles. The Labute approximate surface area is 83.3 Å². The van der Waals surface area contributed by atoms with Gasteiger partial charge < -0.3 is 0 Å². The molecule has 1 aliphatic carbocycles. The Morgan fingerprint density at radius 3 is 3.07 bits per heavy atom. The average Bonchev–Trinajstić information content (AvgIpc) is 2.82. The van der Waals surface area contributed by atoms with E-state index < -0.39 is 0 Å². The first-order valence-electron chi connectivity index (χ1n) is 5.25. The van der Waals surface area contributed by atoms with Crippen LogP contribution in [0.25, 0.3) is 10.9 Å². The SMILES string of the molecule is Cc1cc(CC2CC2)cc2[nH]ncc12. The first-order chi connectivity index (χ1) is 6.83. The van der Waals surface area contributed by atoms with Crippen LogP contribution in [0, 0.1) is 12.8 Å². The summed E-state index contributed by atoms with van der Waals surface area (Å²) in [5.41, 5.74) is 3.98. The normalized spacial score (nSPS) is 16.4. The van der Waals surface area contributed by atoms with Crippen LogP contribution in [0.3, 0.4) is 0 Å². The van der Waals surface area contributed by atoms with Crippen LogP contribution in [-0.2, 0) is 6.42 Å². The number of hydrogen-bond donors (Lipinski definition) is 1.